The van der Waals surface area contributed by atoms with Gasteiger partial charge in [-0.05, 0) is 44.8 Å². The smallest absolute Gasteiger partial charge is 0.282 e. The zero-order valence-corrected chi connectivity index (χ0v) is 12.6. The molecule has 118 valence electrons. The van der Waals surface area contributed by atoms with Gasteiger partial charge in [0.2, 0.25) is 0 Å². The third-order valence-corrected chi connectivity index (χ3v) is 4.67. The Kier molecular flexibility index (Phi) is 4.38. The van der Waals surface area contributed by atoms with Crippen molar-refractivity contribution in [1.29, 1.82) is 0 Å². The summed E-state index contributed by atoms with van der Waals surface area (Å²) >= 11 is 0. The van der Waals surface area contributed by atoms with Gasteiger partial charge in [0.05, 0.1) is 4.92 Å². The van der Waals surface area contributed by atoms with Gasteiger partial charge in [0.25, 0.3) is 11.6 Å². The van der Waals surface area contributed by atoms with E-state index in [1.165, 1.54) is 18.9 Å². The number of hydrogen-bond acceptors (Lipinski definition) is 4. The largest absolute Gasteiger partial charge is 0.337 e. The van der Waals surface area contributed by atoms with Gasteiger partial charge in [-0.2, -0.15) is 0 Å². The zero-order chi connectivity index (χ0) is 15.5. The van der Waals surface area contributed by atoms with Crippen molar-refractivity contribution in [1.82, 2.24) is 9.80 Å². The molecule has 6 nitrogen and oxygen atoms in total. The fourth-order valence-electron chi connectivity index (χ4n) is 3.53. The highest BCUT2D eigenvalue weighted by molar-refractivity contribution is 5.98. The molecule has 1 aromatic carbocycles. The number of carbonyl (C=O) groups excluding carboxylic acids is 1. The molecule has 22 heavy (non-hydrogen) atoms. The Hall–Kier alpha value is -1.95. The number of hydrogen-bond donors (Lipinski definition) is 0. The van der Waals surface area contributed by atoms with Crippen molar-refractivity contribution in [3.05, 3.63) is 39.9 Å². The van der Waals surface area contributed by atoms with Gasteiger partial charge in [0.1, 0.15) is 5.56 Å². The van der Waals surface area contributed by atoms with Crippen LogP contribution in [-0.4, -0.2) is 52.9 Å². The lowest BCUT2D eigenvalue weighted by molar-refractivity contribution is -0.385. The van der Waals surface area contributed by atoms with Crippen LogP contribution in [0.5, 0.6) is 0 Å². The molecule has 1 amide bonds. The quantitative estimate of drug-likeness (QED) is 0.635. The van der Waals surface area contributed by atoms with Crippen molar-refractivity contribution in [2.45, 2.75) is 31.7 Å². The summed E-state index contributed by atoms with van der Waals surface area (Å²) in [7, 11) is 0. The molecule has 0 N–H and O–H groups in total. The summed E-state index contributed by atoms with van der Waals surface area (Å²) in [6, 6.07) is 6.64. The van der Waals surface area contributed by atoms with Gasteiger partial charge in [-0.1, -0.05) is 12.1 Å². The van der Waals surface area contributed by atoms with Crippen molar-refractivity contribution in [2.24, 2.45) is 0 Å². The van der Waals surface area contributed by atoms with E-state index in [2.05, 4.69) is 4.90 Å². The minimum atomic E-state index is -0.477. The number of nitrogens with zero attached hydrogens (tertiary/aromatic N) is 3. The van der Waals surface area contributed by atoms with Crippen LogP contribution < -0.4 is 0 Å². The molecule has 2 heterocycles. The number of nitro benzene ring substituents is 1. The Morgan fingerprint density at radius 3 is 2.59 bits per heavy atom. The highest BCUT2D eigenvalue weighted by Gasteiger charge is 2.31. The lowest BCUT2D eigenvalue weighted by atomic mass is 10.0. The fourth-order valence-corrected chi connectivity index (χ4v) is 3.53. The van der Waals surface area contributed by atoms with Crippen molar-refractivity contribution in [3.63, 3.8) is 0 Å². The summed E-state index contributed by atoms with van der Waals surface area (Å²) in [5.41, 5.74) is 0.102. The molecule has 2 aliphatic heterocycles. The second-order valence-electron chi connectivity index (χ2n) is 6.06. The molecule has 2 aliphatic rings. The third-order valence-electron chi connectivity index (χ3n) is 4.67. The van der Waals surface area contributed by atoms with Crippen LogP contribution in [0.25, 0.3) is 0 Å². The van der Waals surface area contributed by atoms with Crippen LogP contribution in [0.3, 0.4) is 0 Å². The zero-order valence-electron chi connectivity index (χ0n) is 12.6. The molecular weight excluding hydrogens is 282 g/mol. The van der Waals surface area contributed by atoms with E-state index in [0.717, 1.165) is 25.9 Å². The number of piperidine rings is 1. The predicted octanol–water partition coefficient (Wildman–Crippen LogP) is 2.30. The molecule has 0 unspecified atom stereocenters. The first kappa shape index (κ1) is 15.0. The first-order valence-electron chi connectivity index (χ1n) is 7.93. The Labute approximate surface area is 129 Å². The number of para-hydroxylation sites is 1. The summed E-state index contributed by atoms with van der Waals surface area (Å²) in [6.45, 7) is 3.59. The maximum Gasteiger partial charge on any atom is 0.282 e. The molecule has 0 saturated carbocycles. The van der Waals surface area contributed by atoms with Gasteiger partial charge in [-0.3, -0.25) is 19.8 Å². The van der Waals surface area contributed by atoms with E-state index in [0.29, 0.717) is 19.1 Å². The van der Waals surface area contributed by atoms with Crippen LogP contribution in [0.1, 0.15) is 36.0 Å². The molecule has 0 bridgehead atoms. The van der Waals surface area contributed by atoms with Crippen molar-refractivity contribution >= 4 is 11.6 Å². The van der Waals surface area contributed by atoms with Gasteiger partial charge >= 0.3 is 0 Å². The first-order valence-corrected chi connectivity index (χ1v) is 7.93. The van der Waals surface area contributed by atoms with E-state index in [9.17, 15) is 14.9 Å². The summed E-state index contributed by atoms with van der Waals surface area (Å²) in [4.78, 5) is 27.6. The van der Waals surface area contributed by atoms with Gasteiger partial charge < -0.3 is 4.90 Å². The minimum Gasteiger partial charge on any atom is -0.337 e. The lowest BCUT2D eigenvalue weighted by Gasteiger charge is -2.37. The van der Waals surface area contributed by atoms with E-state index in [4.69, 9.17) is 0 Å². The van der Waals surface area contributed by atoms with Crippen molar-refractivity contribution in [3.8, 4) is 0 Å². The highest BCUT2D eigenvalue weighted by Crippen LogP contribution is 2.24. The minimum absolute atomic E-state index is 0.101. The molecule has 0 aromatic heterocycles. The number of likely N-dealkylation sites (tertiary alicyclic amines) is 2. The second-order valence-corrected chi connectivity index (χ2v) is 6.06. The van der Waals surface area contributed by atoms with Crippen molar-refractivity contribution < 1.29 is 9.72 Å². The topological polar surface area (TPSA) is 66.7 Å². The molecule has 0 spiro atoms. The molecule has 0 aliphatic carbocycles. The molecule has 2 saturated heterocycles. The second kappa shape index (κ2) is 6.44. The first-order chi connectivity index (χ1) is 10.7. The van der Waals surface area contributed by atoms with E-state index < -0.39 is 4.92 Å². The number of nitro groups is 1. The van der Waals surface area contributed by atoms with Crippen molar-refractivity contribution in [2.75, 3.05) is 26.2 Å². The van der Waals surface area contributed by atoms with E-state index >= 15 is 0 Å². The van der Waals surface area contributed by atoms with Crippen LogP contribution in [0.15, 0.2) is 24.3 Å². The van der Waals surface area contributed by atoms with E-state index in [-0.39, 0.29) is 17.2 Å². The van der Waals surface area contributed by atoms with Gasteiger partial charge in [0, 0.05) is 25.2 Å². The Morgan fingerprint density at radius 1 is 1.14 bits per heavy atom. The summed E-state index contributed by atoms with van der Waals surface area (Å²) in [6.07, 6.45) is 4.54. The molecule has 6 heteroatoms. The van der Waals surface area contributed by atoms with Crippen LogP contribution >= 0.6 is 0 Å². The van der Waals surface area contributed by atoms with E-state index in [1.807, 2.05) is 0 Å². The average molecular weight is 303 g/mol. The normalized spacial score (nSPS) is 22.7. The molecular formula is C16H21N3O3. The van der Waals surface area contributed by atoms with Crippen LogP contribution in [0, 0.1) is 10.1 Å². The summed E-state index contributed by atoms with van der Waals surface area (Å²) in [5.74, 6) is -0.212. The lowest BCUT2D eigenvalue weighted by Crippen LogP contribution is -2.49. The van der Waals surface area contributed by atoms with Crippen LogP contribution in [-0.2, 0) is 0 Å². The summed E-state index contributed by atoms with van der Waals surface area (Å²) in [5, 5.41) is 11.1. The number of carbonyl (C=O) groups is 1. The number of amides is 1. The SMILES string of the molecule is O=C(c1ccccc1[N+](=O)[O-])N1CCC[C@H](N2CCCC2)C1. The van der Waals surface area contributed by atoms with Gasteiger partial charge in [-0.25, -0.2) is 0 Å². The van der Waals surface area contributed by atoms with Crippen LogP contribution in [0.2, 0.25) is 0 Å². The van der Waals surface area contributed by atoms with Crippen LogP contribution in [0.4, 0.5) is 5.69 Å². The van der Waals surface area contributed by atoms with Gasteiger partial charge in [-0.15, -0.1) is 0 Å². The highest BCUT2D eigenvalue weighted by atomic mass is 16.6. The molecule has 1 aromatic rings. The molecule has 3 rings (SSSR count). The Balaban J connectivity index is 1.75. The molecule has 2 fully saturated rings. The maximum absolute atomic E-state index is 12.7. The Morgan fingerprint density at radius 2 is 1.86 bits per heavy atom. The van der Waals surface area contributed by atoms with E-state index in [1.54, 1.807) is 23.1 Å². The molecule has 0 radical (unpaired) electrons. The Bertz CT molecular complexity index is 570. The number of benzene rings is 1. The maximum atomic E-state index is 12.7. The third kappa shape index (κ3) is 2.97. The average Bonchev–Trinajstić information content (AvgIpc) is 3.09. The predicted molar refractivity (Wildman–Crippen MR) is 82.8 cm³/mol. The van der Waals surface area contributed by atoms with Gasteiger partial charge in [0.15, 0.2) is 0 Å². The molecule has 1 atom stereocenters. The fraction of sp³-hybridized carbons (Fsp3) is 0.562. The number of rotatable bonds is 3. The monoisotopic (exact) mass is 303 g/mol. The summed E-state index contributed by atoms with van der Waals surface area (Å²) < 4.78 is 0. The standard InChI is InChI=1S/C16H21N3O3/c20-16(14-7-1-2-8-15(14)19(21)22)18-11-5-6-13(12-18)17-9-3-4-10-17/h1-2,7-8,13H,3-6,9-12H2/t13-/m0/s1.